The van der Waals surface area contributed by atoms with Crippen LogP contribution in [-0.2, 0) is 0 Å². The van der Waals surface area contributed by atoms with Crippen molar-refractivity contribution in [3.05, 3.63) is 27.9 Å². The van der Waals surface area contributed by atoms with E-state index in [1.807, 2.05) is 6.92 Å². The summed E-state index contributed by atoms with van der Waals surface area (Å²) in [6.07, 6.45) is 0. The van der Waals surface area contributed by atoms with Gasteiger partial charge in [0.15, 0.2) is 5.69 Å². The van der Waals surface area contributed by atoms with Crippen molar-refractivity contribution in [1.82, 2.24) is 15.6 Å². The van der Waals surface area contributed by atoms with Crippen LogP contribution in [0.25, 0.3) is 0 Å². The van der Waals surface area contributed by atoms with Crippen LogP contribution in [0.5, 0.6) is 0 Å². The Morgan fingerprint density at radius 2 is 2.24 bits per heavy atom. The number of hydrogen-bond acceptors (Lipinski definition) is 4. The molecule has 1 aromatic heterocycles. The summed E-state index contributed by atoms with van der Waals surface area (Å²) in [6.45, 7) is 2.37. The number of hydrogen-bond donors (Lipinski definition) is 3. The molecule has 1 rings (SSSR count). The third-order valence-electron chi connectivity index (χ3n) is 2.17. The zero-order chi connectivity index (χ0) is 12.1. The minimum atomic E-state index is -0.576. The average Bonchev–Trinajstić information content (AvgIpc) is 2.74. The predicted octanol–water partition coefficient (Wildman–Crippen LogP) is 0.682. The van der Waals surface area contributed by atoms with Crippen LogP contribution < -0.4 is 10.6 Å². The maximum Gasteiger partial charge on any atom is 0.321 e. The Balaban J connectivity index is 0.00000256. The highest BCUT2D eigenvalue weighted by atomic mass is 35.5. The number of carbonyl (C=O) groups excluding carboxylic acids is 1. The molecule has 7 nitrogen and oxygen atoms in total. The van der Waals surface area contributed by atoms with Crippen LogP contribution in [-0.4, -0.2) is 35.4 Å². The number of nitrogens with zero attached hydrogens (tertiary/aromatic N) is 1. The zero-order valence-corrected chi connectivity index (χ0v) is 10.3. The van der Waals surface area contributed by atoms with Gasteiger partial charge in [0.05, 0.1) is 0 Å². The Morgan fingerprint density at radius 3 is 2.71 bits per heavy atom. The number of aromatic amines is 1. The van der Waals surface area contributed by atoms with Gasteiger partial charge in [0.2, 0.25) is 0 Å². The number of amides is 1. The molecular formula is C9H15ClN4O3. The maximum absolute atomic E-state index is 11.5. The van der Waals surface area contributed by atoms with Crippen molar-refractivity contribution in [2.45, 2.75) is 13.0 Å². The third-order valence-corrected chi connectivity index (χ3v) is 2.17. The first-order valence-corrected chi connectivity index (χ1v) is 4.83. The van der Waals surface area contributed by atoms with Gasteiger partial charge in [0.1, 0.15) is 0 Å². The number of halogens is 1. The number of nitro groups is 1. The van der Waals surface area contributed by atoms with Crippen molar-refractivity contribution < 1.29 is 9.72 Å². The van der Waals surface area contributed by atoms with Crippen LogP contribution in [0.4, 0.5) is 5.82 Å². The number of aromatic nitrogens is 1. The lowest BCUT2D eigenvalue weighted by molar-refractivity contribution is -0.389. The first-order valence-electron chi connectivity index (χ1n) is 4.83. The maximum atomic E-state index is 11.5. The normalized spacial score (nSPS) is 11.4. The lowest BCUT2D eigenvalue weighted by atomic mass is 10.3. The SMILES string of the molecule is CNC(C)CNC(=O)c1ccc([N+](=O)[O-])[nH]1.Cl. The Labute approximate surface area is 105 Å². The van der Waals surface area contributed by atoms with E-state index in [0.29, 0.717) is 6.54 Å². The summed E-state index contributed by atoms with van der Waals surface area (Å²) in [4.78, 5) is 23.7. The first kappa shape index (κ1) is 15.4. The number of likely N-dealkylation sites (N-methyl/N-ethyl adjacent to an activating group) is 1. The second kappa shape index (κ2) is 6.87. The highest BCUT2D eigenvalue weighted by Crippen LogP contribution is 2.09. The fraction of sp³-hybridized carbons (Fsp3) is 0.444. The highest BCUT2D eigenvalue weighted by Gasteiger charge is 2.15. The fourth-order valence-electron chi connectivity index (χ4n) is 1.07. The molecule has 0 aliphatic heterocycles. The Hall–Kier alpha value is -1.60. The lowest BCUT2D eigenvalue weighted by Gasteiger charge is -2.09. The molecule has 0 aromatic carbocycles. The van der Waals surface area contributed by atoms with E-state index >= 15 is 0 Å². The van der Waals surface area contributed by atoms with Gasteiger partial charge in [-0.3, -0.25) is 4.79 Å². The van der Waals surface area contributed by atoms with Crippen LogP contribution in [0.3, 0.4) is 0 Å². The molecule has 1 atom stereocenters. The molecule has 1 aromatic rings. The Morgan fingerprint density at radius 1 is 1.59 bits per heavy atom. The fourth-order valence-corrected chi connectivity index (χ4v) is 1.07. The molecule has 0 radical (unpaired) electrons. The number of carbonyl (C=O) groups is 1. The van der Waals surface area contributed by atoms with E-state index in [1.54, 1.807) is 7.05 Å². The van der Waals surface area contributed by atoms with Gasteiger partial charge in [-0.25, -0.2) is 4.98 Å². The molecule has 0 saturated heterocycles. The highest BCUT2D eigenvalue weighted by molar-refractivity contribution is 5.92. The summed E-state index contributed by atoms with van der Waals surface area (Å²) in [7, 11) is 1.79. The molecule has 0 fully saturated rings. The standard InChI is InChI=1S/C9H14N4O3.ClH/c1-6(10-2)5-11-9(14)7-3-4-8(12-7)13(15)16;/h3-4,6,10,12H,5H2,1-2H3,(H,11,14);1H. The number of rotatable bonds is 5. The van der Waals surface area contributed by atoms with Crippen molar-refractivity contribution in [1.29, 1.82) is 0 Å². The van der Waals surface area contributed by atoms with Gasteiger partial charge >= 0.3 is 5.82 Å². The largest absolute Gasteiger partial charge is 0.358 e. The van der Waals surface area contributed by atoms with E-state index in [0.717, 1.165) is 0 Å². The average molecular weight is 263 g/mol. The Kier molecular flexibility index (Phi) is 6.22. The van der Waals surface area contributed by atoms with Crippen molar-refractivity contribution in [2.75, 3.05) is 13.6 Å². The quantitative estimate of drug-likeness (QED) is 0.537. The summed E-state index contributed by atoms with van der Waals surface area (Å²) in [5.74, 6) is -0.540. The predicted molar refractivity (Wildman–Crippen MR) is 65.6 cm³/mol. The molecular weight excluding hydrogens is 248 g/mol. The van der Waals surface area contributed by atoms with Crippen LogP contribution >= 0.6 is 12.4 Å². The molecule has 96 valence electrons. The van der Waals surface area contributed by atoms with Gasteiger partial charge in [0, 0.05) is 18.7 Å². The lowest BCUT2D eigenvalue weighted by Crippen LogP contribution is -2.37. The van der Waals surface area contributed by atoms with Gasteiger partial charge < -0.3 is 20.7 Å². The summed E-state index contributed by atoms with van der Waals surface area (Å²) in [6, 6.07) is 2.79. The second-order valence-electron chi connectivity index (χ2n) is 3.41. The minimum absolute atomic E-state index is 0. The summed E-state index contributed by atoms with van der Waals surface area (Å²) < 4.78 is 0. The molecule has 0 saturated carbocycles. The molecule has 1 heterocycles. The van der Waals surface area contributed by atoms with E-state index in [9.17, 15) is 14.9 Å². The molecule has 1 unspecified atom stereocenters. The summed E-state index contributed by atoms with van der Waals surface area (Å²) in [5, 5.41) is 16.0. The van der Waals surface area contributed by atoms with E-state index in [2.05, 4.69) is 15.6 Å². The number of H-pyrrole nitrogens is 1. The second-order valence-corrected chi connectivity index (χ2v) is 3.41. The van der Waals surface area contributed by atoms with Crippen molar-refractivity contribution >= 4 is 24.1 Å². The van der Waals surface area contributed by atoms with Gasteiger partial charge in [-0.15, -0.1) is 12.4 Å². The van der Waals surface area contributed by atoms with Gasteiger partial charge in [-0.05, 0) is 25.0 Å². The van der Waals surface area contributed by atoms with Gasteiger partial charge in [-0.2, -0.15) is 0 Å². The van der Waals surface area contributed by atoms with Crippen LogP contribution in [0.1, 0.15) is 17.4 Å². The minimum Gasteiger partial charge on any atom is -0.358 e. The summed E-state index contributed by atoms with van der Waals surface area (Å²) in [5.41, 5.74) is 0.190. The van der Waals surface area contributed by atoms with Crippen molar-refractivity contribution in [3.63, 3.8) is 0 Å². The van der Waals surface area contributed by atoms with E-state index < -0.39 is 4.92 Å². The molecule has 1 amide bonds. The van der Waals surface area contributed by atoms with E-state index in [4.69, 9.17) is 0 Å². The molecule has 0 bridgehead atoms. The monoisotopic (exact) mass is 262 g/mol. The molecule has 17 heavy (non-hydrogen) atoms. The molecule has 8 heteroatoms. The molecule has 3 N–H and O–H groups in total. The topological polar surface area (TPSA) is 100 Å². The van der Waals surface area contributed by atoms with E-state index in [-0.39, 0.29) is 35.9 Å². The Bertz CT molecular complexity index is 393. The summed E-state index contributed by atoms with van der Waals surface area (Å²) >= 11 is 0. The van der Waals surface area contributed by atoms with Crippen LogP contribution in [0.2, 0.25) is 0 Å². The molecule has 0 aliphatic rings. The van der Waals surface area contributed by atoms with Gasteiger partial charge in [-0.1, -0.05) is 0 Å². The van der Waals surface area contributed by atoms with Crippen LogP contribution in [0.15, 0.2) is 12.1 Å². The third kappa shape index (κ3) is 4.41. The smallest absolute Gasteiger partial charge is 0.321 e. The van der Waals surface area contributed by atoms with Crippen molar-refractivity contribution in [3.8, 4) is 0 Å². The first-order chi connectivity index (χ1) is 7.54. The van der Waals surface area contributed by atoms with Crippen molar-refractivity contribution in [2.24, 2.45) is 0 Å². The van der Waals surface area contributed by atoms with Crippen LogP contribution in [0, 0.1) is 10.1 Å². The molecule has 0 spiro atoms. The van der Waals surface area contributed by atoms with E-state index in [1.165, 1.54) is 12.1 Å². The van der Waals surface area contributed by atoms with Gasteiger partial charge in [0.25, 0.3) is 5.91 Å². The molecule has 0 aliphatic carbocycles. The zero-order valence-electron chi connectivity index (χ0n) is 9.52. The number of nitrogens with one attached hydrogen (secondary N) is 3.